The van der Waals surface area contributed by atoms with Gasteiger partial charge in [0.05, 0.1) is 22.8 Å². The molecule has 0 radical (unpaired) electrons. The molecule has 0 spiro atoms. The second-order valence-corrected chi connectivity index (χ2v) is 11.3. The van der Waals surface area contributed by atoms with Crippen LogP contribution in [0.1, 0.15) is 56.3 Å². The third-order valence-electron chi connectivity index (χ3n) is 8.14. The van der Waals surface area contributed by atoms with Crippen molar-refractivity contribution in [3.63, 3.8) is 0 Å². The first-order valence-electron chi connectivity index (χ1n) is 13.5. The molecule has 0 saturated heterocycles. The molecule has 1 aromatic heterocycles. The molecule has 42 heavy (non-hydrogen) atoms. The zero-order valence-electron chi connectivity index (χ0n) is 24.5. The van der Waals surface area contributed by atoms with Crippen LogP contribution in [0.3, 0.4) is 0 Å². The lowest BCUT2D eigenvalue weighted by Crippen LogP contribution is -2.41. The average Bonchev–Trinajstić information content (AvgIpc) is 3.12. The summed E-state index contributed by atoms with van der Waals surface area (Å²) >= 11 is 0. The van der Waals surface area contributed by atoms with Gasteiger partial charge in [-0.15, -0.1) is 0 Å². The van der Waals surface area contributed by atoms with Gasteiger partial charge in [0.2, 0.25) is 0 Å². The number of halogens is 3. The first kappa shape index (κ1) is 29.5. The number of para-hydroxylation sites is 1. The van der Waals surface area contributed by atoms with E-state index in [1.807, 2.05) is 30.3 Å². The van der Waals surface area contributed by atoms with E-state index in [1.54, 1.807) is 44.9 Å². The Balaban J connectivity index is 1.76. The molecule has 5 rings (SSSR count). The highest BCUT2D eigenvalue weighted by Crippen LogP contribution is 2.47. The van der Waals surface area contributed by atoms with Gasteiger partial charge in [0, 0.05) is 36.4 Å². The SMILES string of the molecule is COC1(C)C(=O)N(C)c2cc3c(N(c4ccccc4)[C@H](C)c4cccc(C(F)(F)C(C)(C)O)c4F)nc(C)nc3cc21. The first-order valence-corrected chi connectivity index (χ1v) is 13.5. The second-order valence-electron chi connectivity index (χ2n) is 11.3. The minimum Gasteiger partial charge on any atom is -0.384 e. The number of hydrogen-bond acceptors (Lipinski definition) is 6. The molecule has 1 aliphatic heterocycles. The van der Waals surface area contributed by atoms with Crippen LogP contribution in [0, 0.1) is 12.7 Å². The summed E-state index contributed by atoms with van der Waals surface area (Å²) < 4.78 is 52.1. The summed E-state index contributed by atoms with van der Waals surface area (Å²) in [6.45, 7) is 7.02. The van der Waals surface area contributed by atoms with E-state index < -0.39 is 34.5 Å². The summed E-state index contributed by atoms with van der Waals surface area (Å²) in [6.07, 6.45) is 0. The van der Waals surface area contributed by atoms with Gasteiger partial charge in [-0.1, -0.05) is 30.3 Å². The number of carbonyl (C=O) groups excluding carboxylic acids is 1. The molecule has 3 aromatic carbocycles. The van der Waals surface area contributed by atoms with E-state index in [0.29, 0.717) is 39.5 Å². The summed E-state index contributed by atoms with van der Waals surface area (Å²) in [5.74, 6) is -4.37. The Labute approximate surface area is 242 Å². The van der Waals surface area contributed by atoms with Crippen molar-refractivity contribution in [1.82, 2.24) is 9.97 Å². The lowest BCUT2D eigenvalue weighted by molar-refractivity contribution is -0.170. The molecule has 10 heteroatoms. The van der Waals surface area contributed by atoms with E-state index in [1.165, 1.54) is 24.1 Å². The van der Waals surface area contributed by atoms with Crippen molar-refractivity contribution >= 4 is 34.0 Å². The van der Waals surface area contributed by atoms with Gasteiger partial charge in [-0.3, -0.25) is 4.79 Å². The third-order valence-corrected chi connectivity index (χ3v) is 8.14. The zero-order chi connectivity index (χ0) is 30.8. The standard InChI is InChI=1S/C32H33F3N4O3/c1-18(21-14-11-15-23(27(21)33)32(34,35)30(3,4)41)39(20-12-9-8-10-13-20)28-22-16-26-24(17-25(22)36-19(2)37-28)31(5,42-7)29(40)38(26)6/h8-18,41H,1-7H3/t18-,31?/m1/s1. The van der Waals surface area contributed by atoms with Crippen LogP contribution in [0.2, 0.25) is 0 Å². The Morgan fingerprint density at radius 2 is 1.74 bits per heavy atom. The Morgan fingerprint density at radius 3 is 2.36 bits per heavy atom. The predicted molar refractivity (Wildman–Crippen MR) is 156 cm³/mol. The Kier molecular flexibility index (Phi) is 7.06. The van der Waals surface area contributed by atoms with Gasteiger partial charge in [-0.2, -0.15) is 8.78 Å². The number of benzene rings is 3. The summed E-state index contributed by atoms with van der Waals surface area (Å²) in [7, 11) is 3.14. The molecule has 4 aromatic rings. The molecular weight excluding hydrogens is 545 g/mol. The van der Waals surface area contributed by atoms with Crippen molar-refractivity contribution in [1.29, 1.82) is 0 Å². The second kappa shape index (κ2) is 10.1. The number of alkyl halides is 2. The van der Waals surface area contributed by atoms with Gasteiger partial charge in [-0.05, 0) is 65.0 Å². The molecule has 1 amide bonds. The van der Waals surface area contributed by atoms with E-state index in [2.05, 4.69) is 4.98 Å². The van der Waals surface area contributed by atoms with Crippen LogP contribution in [-0.4, -0.2) is 40.7 Å². The summed E-state index contributed by atoms with van der Waals surface area (Å²) in [6, 6.07) is 15.7. The van der Waals surface area contributed by atoms with Crippen LogP contribution >= 0.6 is 0 Å². The van der Waals surface area contributed by atoms with Crippen LogP contribution in [0.15, 0.2) is 60.7 Å². The highest BCUT2D eigenvalue weighted by atomic mass is 19.3. The van der Waals surface area contributed by atoms with Crippen molar-refractivity contribution in [3.05, 3.63) is 89.0 Å². The van der Waals surface area contributed by atoms with Gasteiger partial charge >= 0.3 is 5.92 Å². The monoisotopic (exact) mass is 578 g/mol. The van der Waals surface area contributed by atoms with E-state index in [0.717, 1.165) is 19.9 Å². The van der Waals surface area contributed by atoms with Gasteiger partial charge in [-0.25, -0.2) is 14.4 Å². The van der Waals surface area contributed by atoms with E-state index in [4.69, 9.17) is 9.72 Å². The topological polar surface area (TPSA) is 78.8 Å². The number of methoxy groups -OCH3 is 1. The van der Waals surface area contributed by atoms with Crippen LogP contribution in [0.5, 0.6) is 0 Å². The van der Waals surface area contributed by atoms with Gasteiger partial charge in [0.1, 0.15) is 23.1 Å². The maximum Gasteiger partial charge on any atom is 0.303 e. The minimum atomic E-state index is -3.85. The number of likely N-dealkylation sites (N-methyl/N-ethyl adjacent to an activating group) is 1. The van der Waals surface area contributed by atoms with Gasteiger partial charge in [0.15, 0.2) is 5.60 Å². The highest BCUT2D eigenvalue weighted by Gasteiger charge is 2.50. The number of carbonyl (C=O) groups is 1. The fourth-order valence-corrected chi connectivity index (χ4v) is 5.55. The first-order chi connectivity index (χ1) is 19.6. The third kappa shape index (κ3) is 4.40. The molecular formula is C32H33F3N4O3. The largest absolute Gasteiger partial charge is 0.384 e. The predicted octanol–water partition coefficient (Wildman–Crippen LogP) is 6.68. The maximum atomic E-state index is 16.0. The smallest absolute Gasteiger partial charge is 0.303 e. The molecule has 1 aliphatic rings. The number of nitrogens with zero attached hydrogens (tertiary/aromatic N) is 4. The average molecular weight is 579 g/mol. The van der Waals surface area contributed by atoms with Crippen LogP contribution < -0.4 is 9.80 Å². The van der Waals surface area contributed by atoms with E-state index >= 15 is 13.2 Å². The molecule has 0 aliphatic carbocycles. The summed E-state index contributed by atoms with van der Waals surface area (Å²) in [5, 5.41) is 10.7. The number of amides is 1. The van der Waals surface area contributed by atoms with E-state index in [9.17, 15) is 9.90 Å². The molecule has 220 valence electrons. The van der Waals surface area contributed by atoms with Gasteiger partial charge in [0.25, 0.3) is 5.91 Å². The fourth-order valence-electron chi connectivity index (χ4n) is 5.55. The summed E-state index contributed by atoms with van der Waals surface area (Å²) in [5.41, 5.74) is -2.15. The van der Waals surface area contributed by atoms with Crippen LogP contribution in [0.25, 0.3) is 10.9 Å². The lowest BCUT2D eigenvalue weighted by Gasteiger charge is -2.34. The van der Waals surface area contributed by atoms with E-state index in [-0.39, 0.29) is 11.5 Å². The van der Waals surface area contributed by atoms with Crippen molar-refractivity contribution < 1.29 is 27.8 Å². The number of ether oxygens (including phenoxy) is 1. The number of aromatic nitrogens is 2. The number of aryl methyl sites for hydroxylation is 1. The number of rotatable bonds is 7. The molecule has 1 N–H and O–H groups in total. The van der Waals surface area contributed by atoms with Crippen LogP contribution in [-0.2, 0) is 21.1 Å². The number of hydrogen-bond donors (Lipinski definition) is 1. The Morgan fingerprint density at radius 1 is 1.07 bits per heavy atom. The number of fused-ring (bicyclic) bond motifs is 2. The Bertz CT molecular complexity index is 1690. The fraction of sp³-hybridized carbons (Fsp3) is 0.344. The number of anilines is 3. The molecule has 0 saturated carbocycles. The molecule has 1 unspecified atom stereocenters. The Hall–Kier alpha value is -4.02. The van der Waals surface area contributed by atoms with Crippen molar-refractivity contribution in [2.45, 2.75) is 57.8 Å². The lowest BCUT2D eigenvalue weighted by atomic mass is 9.90. The molecule has 2 heterocycles. The van der Waals surface area contributed by atoms with Crippen LogP contribution in [0.4, 0.5) is 30.4 Å². The zero-order valence-corrected chi connectivity index (χ0v) is 24.5. The molecule has 0 bridgehead atoms. The molecule has 7 nitrogen and oxygen atoms in total. The van der Waals surface area contributed by atoms with Gasteiger partial charge < -0.3 is 19.6 Å². The maximum absolute atomic E-state index is 16.0. The number of aliphatic hydroxyl groups is 1. The molecule has 2 atom stereocenters. The van der Waals surface area contributed by atoms with Crippen molar-refractivity contribution in [3.8, 4) is 0 Å². The van der Waals surface area contributed by atoms with Crippen molar-refractivity contribution in [2.24, 2.45) is 0 Å². The molecule has 0 fully saturated rings. The normalized spacial score (nSPS) is 18.0. The highest BCUT2D eigenvalue weighted by molar-refractivity contribution is 6.09. The minimum absolute atomic E-state index is 0.00916. The van der Waals surface area contributed by atoms with Crippen molar-refractivity contribution in [2.75, 3.05) is 24.0 Å². The summed E-state index contributed by atoms with van der Waals surface area (Å²) in [4.78, 5) is 25.8. The quantitative estimate of drug-likeness (QED) is 0.264.